The van der Waals surface area contributed by atoms with Crippen molar-refractivity contribution in [3.05, 3.63) is 23.2 Å². The van der Waals surface area contributed by atoms with Gasteiger partial charge in [-0.1, -0.05) is 18.5 Å². The predicted octanol–water partition coefficient (Wildman–Crippen LogP) is 1.99. The first kappa shape index (κ1) is 12.1. The first-order chi connectivity index (χ1) is 7.04. The molecule has 0 aromatic heterocycles. The maximum absolute atomic E-state index is 8.97. The number of halogens is 1. The fourth-order valence-electron chi connectivity index (χ4n) is 1.47. The van der Waals surface area contributed by atoms with Crippen molar-refractivity contribution in [2.24, 2.45) is 5.92 Å². The topological polar surface area (TPSA) is 49.5 Å². The molecule has 0 aliphatic carbocycles. The Morgan fingerprint density at radius 1 is 1.53 bits per heavy atom. The third-order valence-electron chi connectivity index (χ3n) is 2.30. The highest BCUT2D eigenvalue weighted by Gasteiger charge is 2.09. The zero-order valence-electron chi connectivity index (χ0n) is 9.07. The highest BCUT2D eigenvalue weighted by molar-refractivity contribution is 6.31. The van der Waals surface area contributed by atoms with E-state index in [0.717, 1.165) is 12.2 Å². The maximum Gasteiger partial charge on any atom is 0.0612 e. The van der Waals surface area contributed by atoms with Crippen molar-refractivity contribution in [3.63, 3.8) is 0 Å². The molecular weight excluding hydrogens is 212 g/mol. The minimum absolute atomic E-state index is 0.171. The van der Waals surface area contributed by atoms with Gasteiger partial charge in [-0.15, -0.1) is 0 Å². The normalized spacial score (nSPS) is 12.5. The van der Waals surface area contributed by atoms with Crippen LogP contribution in [0.4, 0.5) is 11.4 Å². The first-order valence-electron chi connectivity index (χ1n) is 4.91. The van der Waals surface area contributed by atoms with Gasteiger partial charge in [-0.3, -0.25) is 0 Å². The lowest BCUT2D eigenvalue weighted by Crippen LogP contribution is -2.26. The third-order valence-corrected chi connectivity index (χ3v) is 2.54. The lowest BCUT2D eigenvalue weighted by Gasteiger charge is -2.24. The van der Waals surface area contributed by atoms with Crippen LogP contribution in [0.1, 0.15) is 6.92 Å². The first-order valence-corrected chi connectivity index (χ1v) is 5.29. The number of nitrogens with two attached hydrogens (primary N) is 1. The van der Waals surface area contributed by atoms with Gasteiger partial charge in [-0.25, -0.2) is 0 Å². The van der Waals surface area contributed by atoms with E-state index in [0.29, 0.717) is 10.7 Å². The Balaban J connectivity index is 2.80. The number of benzene rings is 1. The van der Waals surface area contributed by atoms with E-state index in [1.54, 1.807) is 12.1 Å². The van der Waals surface area contributed by atoms with E-state index in [4.69, 9.17) is 22.4 Å². The van der Waals surface area contributed by atoms with E-state index in [1.807, 2.05) is 24.9 Å². The largest absolute Gasteiger partial charge is 0.397 e. The molecule has 3 nitrogen and oxygen atoms in total. The van der Waals surface area contributed by atoms with Gasteiger partial charge in [0.05, 0.1) is 11.4 Å². The van der Waals surface area contributed by atoms with Crippen LogP contribution in [0.3, 0.4) is 0 Å². The van der Waals surface area contributed by atoms with Crippen LogP contribution in [-0.2, 0) is 0 Å². The van der Waals surface area contributed by atoms with E-state index >= 15 is 0 Å². The van der Waals surface area contributed by atoms with E-state index in [2.05, 4.69) is 0 Å². The lowest BCUT2D eigenvalue weighted by molar-refractivity contribution is 0.240. The second kappa shape index (κ2) is 5.24. The molecule has 1 aromatic rings. The summed E-state index contributed by atoms with van der Waals surface area (Å²) in [6, 6.07) is 5.39. The summed E-state index contributed by atoms with van der Waals surface area (Å²) in [4.78, 5) is 2.00. The third kappa shape index (κ3) is 3.29. The second-order valence-electron chi connectivity index (χ2n) is 3.87. The minimum Gasteiger partial charge on any atom is -0.397 e. The summed E-state index contributed by atoms with van der Waals surface area (Å²) >= 11 is 5.90. The summed E-state index contributed by atoms with van der Waals surface area (Å²) in [6.45, 7) is 2.91. The molecule has 0 bridgehead atoms. The highest BCUT2D eigenvalue weighted by Crippen LogP contribution is 2.26. The van der Waals surface area contributed by atoms with Crippen molar-refractivity contribution in [2.75, 3.05) is 30.8 Å². The van der Waals surface area contributed by atoms with Crippen LogP contribution in [0.15, 0.2) is 18.2 Å². The molecule has 0 radical (unpaired) electrons. The molecule has 0 amide bonds. The van der Waals surface area contributed by atoms with Crippen LogP contribution in [0.5, 0.6) is 0 Å². The molecule has 0 saturated heterocycles. The number of nitrogens with zero attached hydrogens (tertiary/aromatic N) is 1. The van der Waals surface area contributed by atoms with Gasteiger partial charge in [0, 0.05) is 25.2 Å². The van der Waals surface area contributed by atoms with Gasteiger partial charge in [0.2, 0.25) is 0 Å². The Labute approximate surface area is 95.5 Å². The SMILES string of the molecule is CC(CO)CN(C)c1cc(Cl)ccc1N. The quantitative estimate of drug-likeness (QED) is 0.775. The van der Waals surface area contributed by atoms with Crippen LogP contribution in [0.25, 0.3) is 0 Å². The predicted molar refractivity (Wildman–Crippen MR) is 65.4 cm³/mol. The van der Waals surface area contributed by atoms with Gasteiger partial charge in [0.25, 0.3) is 0 Å². The zero-order chi connectivity index (χ0) is 11.4. The number of hydrogen-bond acceptors (Lipinski definition) is 3. The number of nitrogen functional groups attached to an aromatic ring is 1. The van der Waals surface area contributed by atoms with Crippen molar-refractivity contribution in [1.82, 2.24) is 0 Å². The van der Waals surface area contributed by atoms with Crippen molar-refractivity contribution in [2.45, 2.75) is 6.92 Å². The molecule has 0 saturated carbocycles. The Morgan fingerprint density at radius 3 is 2.80 bits per heavy atom. The molecule has 84 valence electrons. The van der Waals surface area contributed by atoms with Crippen molar-refractivity contribution in [1.29, 1.82) is 0 Å². The molecule has 1 atom stereocenters. The van der Waals surface area contributed by atoms with Crippen LogP contribution in [-0.4, -0.2) is 25.3 Å². The average molecular weight is 229 g/mol. The molecule has 15 heavy (non-hydrogen) atoms. The Kier molecular flexibility index (Phi) is 4.24. The van der Waals surface area contributed by atoms with Crippen LogP contribution >= 0.6 is 11.6 Å². The molecular formula is C11H17ClN2O. The molecule has 0 fully saturated rings. The van der Waals surface area contributed by atoms with E-state index < -0.39 is 0 Å². The molecule has 0 aliphatic rings. The number of aliphatic hydroxyl groups excluding tert-OH is 1. The molecule has 0 spiro atoms. The van der Waals surface area contributed by atoms with E-state index in [9.17, 15) is 0 Å². The molecule has 0 aliphatic heterocycles. The summed E-state index contributed by atoms with van der Waals surface area (Å²) < 4.78 is 0. The van der Waals surface area contributed by atoms with Gasteiger partial charge in [-0.2, -0.15) is 0 Å². The molecule has 1 aromatic carbocycles. The molecule has 1 rings (SSSR count). The maximum atomic E-state index is 8.97. The van der Waals surface area contributed by atoms with E-state index in [-0.39, 0.29) is 12.5 Å². The number of anilines is 2. The van der Waals surface area contributed by atoms with Gasteiger partial charge < -0.3 is 15.7 Å². The monoisotopic (exact) mass is 228 g/mol. The van der Waals surface area contributed by atoms with Gasteiger partial charge in [0.1, 0.15) is 0 Å². The van der Waals surface area contributed by atoms with Crippen molar-refractivity contribution >= 4 is 23.0 Å². The summed E-state index contributed by atoms with van der Waals surface area (Å²) in [5.41, 5.74) is 7.45. The van der Waals surface area contributed by atoms with Crippen LogP contribution < -0.4 is 10.6 Å². The number of hydrogen-bond donors (Lipinski definition) is 2. The fraction of sp³-hybridized carbons (Fsp3) is 0.455. The Bertz CT molecular complexity index is 330. The number of aliphatic hydroxyl groups is 1. The fourth-order valence-corrected chi connectivity index (χ4v) is 1.64. The molecule has 0 heterocycles. The van der Waals surface area contributed by atoms with E-state index in [1.165, 1.54) is 0 Å². The van der Waals surface area contributed by atoms with Crippen molar-refractivity contribution in [3.8, 4) is 0 Å². The summed E-state index contributed by atoms with van der Waals surface area (Å²) in [5, 5.41) is 9.64. The minimum atomic E-state index is 0.171. The second-order valence-corrected chi connectivity index (χ2v) is 4.31. The Morgan fingerprint density at radius 2 is 2.20 bits per heavy atom. The summed E-state index contributed by atoms with van der Waals surface area (Å²) in [5.74, 6) is 0.216. The summed E-state index contributed by atoms with van der Waals surface area (Å²) in [7, 11) is 1.94. The smallest absolute Gasteiger partial charge is 0.0612 e. The van der Waals surface area contributed by atoms with Crippen molar-refractivity contribution < 1.29 is 5.11 Å². The zero-order valence-corrected chi connectivity index (χ0v) is 9.83. The lowest BCUT2D eigenvalue weighted by atomic mass is 10.1. The van der Waals surface area contributed by atoms with Gasteiger partial charge in [0.15, 0.2) is 0 Å². The molecule has 1 unspecified atom stereocenters. The Hall–Kier alpha value is -0.930. The van der Waals surface area contributed by atoms with Crippen LogP contribution in [0, 0.1) is 5.92 Å². The van der Waals surface area contributed by atoms with Crippen LogP contribution in [0.2, 0.25) is 5.02 Å². The standard InChI is InChI=1S/C11H17ClN2O/c1-8(7-15)6-14(2)11-5-9(12)3-4-10(11)13/h3-5,8,15H,6-7,13H2,1-2H3. The highest BCUT2D eigenvalue weighted by atomic mass is 35.5. The van der Waals surface area contributed by atoms with Gasteiger partial charge >= 0.3 is 0 Å². The van der Waals surface area contributed by atoms with Gasteiger partial charge in [-0.05, 0) is 24.1 Å². The molecule has 4 heteroatoms. The summed E-state index contributed by atoms with van der Waals surface area (Å²) in [6.07, 6.45) is 0. The average Bonchev–Trinajstić information content (AvgIpc) is 2.21. The number of rotatable bonds is 4. The molecule has 3 N–H and O–H groups in total.